The molecule has 0 saturated heterocycles. The molecule has 130 valence electrons. The summed E-state index contributed by atoms with van der Waals surface area (Å²) >= 11 is 1.47. The molecule has 3 rings (SSSR count). The summed E-state index contributed by atoms with van der Waals surface area (Å²) in [5.74, 6) is 0.415. The van der Waals surface area contributed by atoms with Gasteiger partial charge in [0.05, 0.1) is 11.4 Å². The molecule has 4 nitrogen and oxygen atoms in total. The van der Waals surface area contributed by atoms with Gasteiger partial charge in [-0.15, -0.1) is 11.8 Å². The first-order chi connectivity index (χ1) is 12.1. The van der Waals surface area contributed by atoms with Gasteiger partial charge < -0.3 is 10.2 Å². The predicted octanol–water partition coefficient (Wildman–Crippen LogP) is 4.11. The third-order valence-electron chi connectivity index (χ3n) is 4.31. The van der Waals surface area contributed by atoms with Gasteiger partial charge >= 0.3 is 0 Å². The normalized spacial score (nSPS) is 15.8. The van der Waals surface area contributed by atoms with Crippen LogP contribution >= 0.6 is 11.8 Å². The van der Waals surface area contributed by atoms with Crippen molar-refractivity contribution in [2.24, 2.45) is 0 Å². The number of nitrogens with zero attached hydrogens (tertiary/aromatic N) is 1. The van der Waals surface area contributed by atoms with E-state index in [0.717, 1.165) is 22.7 Å². The number of fused-ring (bicyclic) bond motifs is 1. The van der Waals surface area contributed by atoms with Crippen LogP contribution in [-0.4, -0.2) is 23.6 Å². The number of rotatable bonds is 5. The van der Waals surface area contributed by atoms with Crippen molar-refractivity contribution < 1.29 is 9.59 Å². The Morgan fingerprint density at radius 1 is 1.16 bits per heavy atom. The van der Waals surface area contributed by atoms with E-state index in [1.54, 1.807) is 0 Å². The van der Waals surface area contributed by atoms with Crippen LogP contribution in [0.1, 0.15) is 25.8 Å². The molecule has 25 heavy (non-hydrogen) atoms. The molecule has 1 N–H and O–H groups in total. The molecule has 1 unspecified atom stereocenters. The molecule has 5 heteroatoms. The Morgan fingerprint density at radius 2 is 1.88 bits per heavy atom. The van der Waals surface area contributed by atoms with Gasteiger partial charge in [-0.3, -0.25) is 9.59 Å². The number of para-hydroxylation sites is 2. The lowest BCUT2D eigenvalue weighted by Crippen LogP contribution is -2.36. The van der Waals surface area contributed by atoms with Crippen molar-refractivity contribution in [3.63, 3.8) is 0 Å². The molecule has 0 aromatic heterocycles. The Labute approximate surface area is 152 Å². The number of hydrogen-bond donors (Lipinski definition) is 1. The minimum absolute atomic E-state index is 0.0264. The minimum atomic E-state index is -0.0264. The molecule has 1 aliphatic rings. The lowest BCUT2D eigenvalue weighted by molar-refractivity contribution is -0.117. The number of nitrogens with one attached hydrogen (secondary N) is 1. The average Bonchev–Trinajstić information content (AvgIpc) is 2.96. The summed E-state index contributed by atoms with van der Waals surface area (Å²) in [5, 5.41) is 2.89. The Kier molecular flexibility index (Phi) is 5.43. The number of carbonyl (C=O) groups excluding carboxylic acids is 2. The number of amides is 2. The van der Waals surface area contributed by atoms with E-state index in [2.05, 4.69) is 18.3 Å². The molecular weight excluding hydrogens is 332 g/mol. The van der Waals surface area contributed by atoms with Crippen molar-refractivity contribution in [2.45, 2.75) is 37.6 Å². The number of carbonyl (C=O) groups is 2. The molecule has 0 aliphatic carbocycles. The van der Waals surface area contributed by atoms with Gasteiger partial charge in [-0.25, -0.2) is 0 Å². The molecule has 1 aliphatic heterocycles. The van der Waals surface area contributed by atoms with E-state index in [-0.39, 0.29) is 17.9 Å². The highest BCUT2D eigenvalue weighted by Crippen LogP contribution is 2.33. The standard InChI is InChI=1S/C20H22N2O2S/c1-3-19(23)21-16-9-5-7-11-18(16)25-13-20(24)22-14(2)12-15-8-4-6-10-17(15)22/h4-11,14H,3,12-13H2,1-2H3,(H,21,23). The molecule has 0 saturated carbocycles. The Bertz CT molecular complexity index is 791. The molecular formula is C20H22N2O2S. The van der Waals surface area contributed by atoms with E-state index in [1.165, 1.54) is 17.3 Å². The highest BCUT2D eigenvalue weighted by atomic mass is 32.2. The van der Waals surface area contributed by atoms with Gasteiger partial charge in [0.25, 0.3) is 0 Å². The largest absolute Gasteiger partial charge is 0.325 e. The zero-order chi connectivity index (χ0) is 17.8. The zero-order valence-electron chi connectivity index (χ0n) is 14.5. The van der Waals surface area contributed by atoms with Crippen LogP contribution in [0.3, 0.4) is 0 Å². The van der Waals surface area contributed by atoms with Gasteiger partial charge in [0.15, 0.2) is 0 Å². The first kappa shape index (κ1) is 17.5. The lowest BCUT2D eigenvalue weighted by Gasteiger charge is -2.22. The topological polar surface area (TPSA) is 49.4 Å². The van der Waals surface area contributed by atoms with E-state index >= 15 is 0 Å². The van der Waals surface area contributed by atoms with E-state index < -0.39 is 0 Å². The average molecular weight is 354 g/mol. The second-order valence-corrected chi connectivity index (χ2v) is 7.15. The highest BCUT2D eigenvalue weighted by Gasteiger charge is 2.30. The summed E-state index contributed by atoms with van der Waals surface area (Å²) < 4.78 is 0. The summed E-state index contributed by atoms with van der Waals surface area (Å²) in [6, 6.07) is 15.9. The third kappa shape index (κ3) is 3.87. The van der Waals surface area contributed by atoms with Crippen molar-refractivity contribution in [1.29, 1.82) is 0 Å². The fourth-order valence-electron chi connectivity index (χ4n) is 3.09. The molecule has 2 aromatic rings. The van der Waals surface area contributed by atoms with Crippen molar-refractivity contribution in [3.05, 3.63) is 54.1 Å². The molecule has 0 radical (unpaired) electrons. The highest BCUT2D eigenvalue weighted by molar-refractivity contribution is 8.00. The third-order valence-corrected chi connectivity index (χ3v) is 5.37. The Morgan fingerprint density at radius 3 is 2.68 bits per heavy atom. The van der Waals surface area contributed by atoms with Gasteiger partial charge in [-0.1, -0.05) is 37.3 Å². The van der Waals surface area contributed by atoms with Gasteiger partial charge in [-0.2, -0.15) is 0 Å². The maximum Gasteiger partial charge on any atom is 0.237 e. The zero-order valence-corrected chi connectivity index (χ0v) is 15.3. The summed E-state index contributed by atoms with van der Waals surface area (Å²) in [7, 11) is 0. The van der Waals surface area contributed by atoms with Crippen molar-refractivity contribution in [3.8, 4) is 0 Å². The molecule has 0 spiro atoms. The van der Waals surface area contributed by atoms with E-state index in [1.807, 2.05) is 54.3 Å². The number of anilines is 2. The lowest BCUT2D eigenvalue weighted by atomic mass is 10.1. The SMILES string of the molecule is CCC(=O)Nc1ccccc1SCC(=O)N1c2ccccc2CC1C. The Balaban J connectivity index is 1.70. The predicted molar refractivity (Wildman–Crippen MR) is 103 cm³/mol. The van der Waals surface area contributed by atoms with Crippen LogP contribution in [0.2, 0.25) is 0 Å². The monoisotopic (exact) mass is 354 g/mol. The van der Waals surface area contributed by atoms with Crippen LogP contribution in [0.5, 0.6) is 0 Å². The van der Waals surface area contributed by atoms with Crippen LogP contribution in [0, 0.1) is 0 Å². The van der Waals surface area contributed by atoms with E-state index in [9.17, 15) is 9.59 Å². The maximum absolute atomic E-state index is 12.8. The molecule has 1 heterocycles. The second-order valence-electron chi connectivity index (χ2n) is 6.13. The van der Waals surface area contributed by atoms with Gasteiger partial charge in [0.2, 0.25) is 11.8 Å². The molecule has 2 amide bonds. The van der Waals surface area contributed by atoms with Crippen molar-refractivity contribution in [1.82, 2.24) is 0 Å². The number of thioether (sulfide) groups is 1. The number of hydrogen-bond acceptors (Lipinski definition) is 3. The second kappa shape index (κ2) is 7.74. The maximum atomic E-state index is 12.8. The molecule has 0 bridgehead atoms. The minimum Gasteiger partial charge on any atom is -0.325 e. The fraction of sp³-hybridized carbons (Fsp3) is 0.300. The molecule has 1 atom stereocenters. The van der Waals surface area contributed by atoms with Crippen molar-refractivity contribution >= 4 is 35.0 Å². The van der Waals surface area contributed by atoms with Crippen LogP contribution in [0.25, 0.3) is 0 Å². The van der Waals surface area contributed by atoms with Gasteiger partial charge in [0, 0.05) is 23.0 Å². The summed E-state index contributed by atoms with van der Waals surface area (Å²) in [6.07, 6.45) is 1.33. The Hall–Kier alpha value is -2.27. The van der Waals surface area contributed by atoms with Gasteiger partial charge in [-0.05, 0) is 37.1 Å². The summed E-state index contributed by atoms with van der Waals surface area (Å²) in [5.41, 5.74) is 3.01. The van der Waals surface area contributed by atoms with E-state index in [4.69, 9.17) is 0 Å². The number of benzene rings is 2. The summed E-state index contributed by atoms with van der Waals surface area (Å²) in [6.45, 7) is 3.90. The first-order valence-electron chi connectivity index (χ1n) is 8.51. The van der Waals surface area contributed by atoms with Crippen LogP contribution < -0.4 is 10.2 Å². The van der Waals surface area contributed by atoms with Crippen LogP contribution in [0.15, 0.2) is 53.4 Å². The quantitative estimate of drug-likeness (QED) is 0.822. The molecule has 2 aromatic carbocycles. The first-order valence-corrected chi connectivity index (χ1v) is 9.50. The van der Waals surface area contributed by atoms with Crippen LogP contribution in [0.4, 0.5) is 11.4 Å². The smallest absolute Gasteiger partial charge is 0.237 e. The van der Waals surface area contributed by atoms with Crippen LogP contribution in [-0.2, 0) is 16.0 Å². The fourth-order valence-corrected chi connectivity index (χ4v) is 3.96. The summed E-state index contributed by atoms with van der Waals surface area (Å²) in [4.78, 5) is 27.3. The molecule has 0 fully saturated rings. The van der Waals surface area contributed by atoms with Gasteiger partial charge in [0.1, 0.15) is 0 Å². The van der Waals surface area contributed by atoms with E-state index in [0.29, 0.717) is 12.2 Å². The van der Waals surface area contributed by atoms with Crippen molar-refractivity contribution in [2.75, 3.05) is 16.0 Å².